The third-order valence-corrected chi connectivity index (χ3v) is 2.68. The Hall–Kier alpha value is -0.420. The molecule has 0 aromatic carbocycles. The Kier molecular flexibility index (Phi) is 3.22. The molecule has 4 nitrogen and oxygen atoms in total. The molecular formula is C7H14N2O2S. The lowest BCUT2D eigenvalue weighted by atomic mass is 10.3. The third kappa shape index (κ3) is 2.28. The van der Waals surface area contributed by atoms with Crippen molar-refractivity contribution in [2.75, 3.05) is 25.2 Å². The summed E-state index contributed by atoms with van der Waals surface area (Å²) in [6, 6.07) is -0.0738. The minimum absolute atomic E-state index is 0.0738. The Morgan fingerprint density at radius 3 is 2.83 bits per heavy atom. The molecule has 1 heterocycles. The first-order valence-electron chi connectivity index (χ1n) is 3.93. The number of rotatable bonds is 3. The van der Waals surface area contributed by atoms with Crippen LogP contribution in [0.3, 0.4) is 0 Å². The van der Waals surface area contributed by atoms with Gasteiger partial charge in [-0.25, -0.2) is 0 Å². The monoisotopic (exact) mass is 190 g/mol. The number of nitrogens with zero attached hydrogens (tertiary/aromatic N) is 1. The maximum atomic E-state index is 11.3. The summed E-state index contributed by atoms with van der Waals surface area (Å²) in [6.07, 6.45) is 1.65. The Balaban J connectivity index is 2.34. The van der Waals surface area contributed by atoms with Gasteiger partial charge in [0, 0.05) is 29.4 Å². The minimum atomic E-state index is -0.809. The van der Waals surface area contributed by atoms with Crippen LogP contribution in [0.15, 0.2) is 0 Å². The van der Waals surface area contributed by atoms with Crippen LogP contribution in [0.4, 0.5) is 0 Å². The molecule has 1 N–H and O–H groups in total. The third-order valence-electron chi connectivity index (χ3n) is 1.92. The smallest absolute Gasteiger partial charge is 0.240 e. The largest absolute Gasteiger partial charge is 0.328 e. The Labute approximate surface area is 74.8 Å². The van der Waals surface area contributed by atoms with Gasteiger partial charge in [0.05, 0.1) is 12.7 Å². The quantitative estimate of drug-likeness (QED) is 0.630. The van der Waals surface area contributed by atoms with E-state index in [1.54, 1.807) is 11.2 Å². The van der Waals surface area contributed by atoms with Crippen molar-refractivity contribution in [3.05, 3.63) is 0 Å². The summed E-state index contributed by atoms with van der Waals surface area (Å²) < 4.78 is 10.7. The standard InChI is InChI=1S/C7H14N2O2S/c1-6-7(10)9(5-8-6)3-4-12(2)11/h6,8H,3-5H2,1-2H3. The predicted molar refractivity (Wildman–Crippen MR) is 48.1 cm³/mol. The fraction of sp³-hybridized carbons (Fsp3) is 0.857. The van der Waals surface area contributed by atoms with Crippen LogP contribution in [0.25, 0.3) is 0 Å². The summed E-state index contributed by atoms with van der Waals surface area (Å²) >= 11 is 0. The molecule has 70 valence electrons. The zero-order valence-corrected chi connectivity index (χ0v) is 8.19. The van der Waals surface area contributed by atoms with Crippen molar-refractivity contribution in [2.24, 2.45) is 0 Å². The van der Waals surface area contributed by atoms with E-state index in [4.69, 9.17) is 0 Å². The molecule has 0 aromatic heterocycles. The van der Waals surface area contributed by atoms with Gasteiger partial charge < -0.3 is 4.90 Å². The number of nitrogens with one attached hydrogen (secondary N) is 1. The van der Waals surface area contributed by atoms with E-state index in [9.17, 15) is 9.00 Å². The van der Waals surface area contributed by atoms with Crippen molar-refractivity contribution in [2.45, 2.75) is 13.0 Å². The molecule has 12 heavy (non-hydrogen) atoms. The molecule has 1 rings (SSSR count). The van der Waals surface area contributed by atoms with E-state index >= 15 is 0 Å². The van der Waals surface area contributed by atoms with Crippen LogP contribution in [0.2, 0.25) is 0 Å². The molecule has 0 aromatic rings. The van der Waals surface area contributed by atoms with Crippen LogP contribution in [0, 0.1) is 0 Å². The lowest BCUT2D eigenvalue weighted by Crippen LogP contribution is -2.31. The van der Waals surface area contributed by atoms with E-state index in [0.29, 0.717) is 19.0 Å². The minimum Gasteiger partial charge on any atom is -0.328 e. The molecule has 1 aliphatic heterocycles. The van der Waals surface area contributed by atoms with Crippen LogP contribution in [-0.4, -0.2) is 46.3 Å². The first-order valence-corrected chi connectivity index (χ1v) is 5.66. The van der Waals surface area contributed by atoms with E-state index in [0.717, 1.165) is 0 Å². The number of hydrogen-bond donors (Lipinski definition) is 1. The highest BCUT2D eigenvalue weighted by atomic mass is 32.2. The molecule has 2 unspecified atom stereocenters. The molecule has 0 saturated carbocycles. The van der Waals surface area contributed by atoms with Crippen LogP contribution in [0.5, 0.6) is 0 Å². The number of carbonyl (C=O) groups is 1. The zero-order valence-electron chi connectivity index (χ0n) is 7.37. The van der Waals surface area contributed by atoms with Crippen molar-refractivity contribution >= 4 is 16.7 Å². The molecule has 0 aliphatic carbocycles. The number of amides is 1. The second-order valence-electron chi connectivity index (χ2n) is 2.96. The lowest BCUT2D eigenvalue weighted by molar-refractivity contribution is -0.128. The van der Waals surface area contributed by atoms with Gasteiger partial charge >= 0.3 is 0 Å². The van der Waals surface area contributed by atoms with E-state index in [-0.39, 0.29) is 11.9 Å². The van der Waals surface area contributed by atoms with E-state index in [1.807, 2.05) is 6.92 Å². The Bertz CT molecular complexity index is 208. The van der Waals surface area contributed by atoms with Crippen molar-refractivity contribution in [3.63, 3.8) is 0 Å². The highest BCUT2D eigenvalue weighted by Gasteiger charge is 2.26. The molecule has 0 spiro atoms. The average molecular weight is 190 g/mol. The normalized spacial score (nSPS) is 26.3. The highest BCUT2D eigenvalue weighted by Crippen LogP contribution is 2.01. The fourth-order valence-electron chi connectivity index (χ4n) is 1.11. The van der Waals surface area contributed by atoms with Gasteiger partial charge in [0.1, 0.15) is 0 Å². The lowest BCUT2D eigenvalue weighted by Gasteiger charge is -2.13. The summed E-state index contributed by atoms with van der Waals surface area (Å²) in [5.41, 5.74) is 0. The summed E-state index contributed by atoms with van der Waals surface area (Å²) in [5, 5.41) is 3.02. The maximum Gasteiger partial charge on any atom is 0.240 e. The Morgan fingerprint density at radius 2 is 2.42 bits per heavy atom. The zero-order chi connectivity index (χ0) is 9.14. The molecule has 1 amide bonds. The van der Waals surface area contributed by atoms with E-state index in [2.05, 4.69) is 5.32 Å². The van der Waals surface area contributed by atoms with Gasteiger partial charge in [-0.3, -0.25) is 14.3 Å². The topological polar surface area (TPSA) is 49.4 Å². The molecule has 5 heteroatoms. The summed E-state index contributed by atoms with van der Waals surface area (Å²) in [4.78, 5) is 13.0. The molecule has 1 saturated heterocycles. The predicted octanol–water partition coefficient (Wildman–Crippen LogP) is -0.857. The van der Waals surface area contributed by atoms with Gasteiger partial charge in [-0.05, 0) is 6.92 Å². The highest BCUT2D eigenvalue weighted by molar-refractivity contribution is 7.84. The van der Waals surface area contributed by atoms with E-state index < -0.39 is 10.8 Å². The van der Waals surface area contributed by atoms with Crippen LogP contribution in [0.1, 0.15) is 6.92 Å². The first-order chi connectivity index (χ1) is 5.61. The van der Waals surface area contributed by atoms with Crippen LogP contribution >= 0.6 is 0 Å². The SMILES string of the molecule is CC1NCN(CCS(C)=O)C1=O. The van der Waals surface area contributed by atoms with Gasteiger partial charge in [0.15, 0.2) is 0 Å². The van der Waals surface area contributed by atoms with Crippen molar-refractivity contribution in [1.29, 1.82) is 0 Å². The van der Waals surface area contributed by atoms with Gasteiger partial charge in [0.2, 0.25) is 5.91 Å². The fourth-order valence-corrected chi connectivity index (χ4v) is 1.59. The van der Waals surface area contributed by atoms with Crippen LogP contribution in [-0.2, 0) is 15.6 Å². The second-order valence-corrected chi connectivity index (χ2v) is 4.52. The molecule has 1 aliphatic rings. The molecule has 0 radical (unpaired) electrons. The molecule has 0 bridgehead atoms. The summed E-state index contributed by atoms with van der Waals surface area (Å²) in [5.74, 6) is 0.681. The van der Waals surface area contributed by atoms with Gasteiger partial charge in [-0.1, -0.05) is 0 Å². The molecular weight excluding hydrogens is 176 g/mol. The average Bonchev–Trinajstić information content (AvgIpc) is 2.30. The Morgan fingerprint density at radius 1 is 1.75 bits per heavy atom. The van der Waals surface area contributed by atoms with Crippen molar-refractivity contribution < 1.29 is 9.00 Å². The van der Waals surface area contributed by atoms with Gasteiger partial charge in [-0.15, -0.1) is 0 Å². The number of hydrogen-bond acceptors (Lipinski definition) is 3. The maximum absolute atomic E-state index is 11.3. The second kappa shape index (κ2) is 4.00. The van der Waals surface area contributed by atoms with Gasteiger partial charge in [-0.2, -0.15) is 0 Å². The molecule has 2 atom stereocenters. The van der Waals surface area contributed by atoms with Gasteiger partial charge in [0.25, 0.3) is 0 Å². The summed E-state index contributed by atoms with van der Waals surface area (Å²) in [6.45, 7) is 3.03. The number of carbonyl (C=O) groups excluding carboxylic acids is 1. The van der Waals surface area contributed by atoms with Crippen LogP contribution < -0.4 is 5.32 Å². The summed E-state index contributed by atoms with van der Waals surface area (Å²) in [7, 11) is -0.809. The van der Waals surface area contributed by atoms with Crippen molar-refractivity contribution in [3.8, 4) is 0 Å². The molecule has 1 fully saturated rings. The first kappa shape index (κ1) is 9.67. The van der Waals surface area contributed by atoms with Crippen molar-refractivity contribution in [1.82, 2.24) is 10.2 Å². The van der Waals surface area contributed by atoms with E-state index in [1.165, 1.54) is 0 Å².